The van der Waals surface area contributed by atoms with Gasteiger partial charge in [0.05, 0.1) is 0 Å². The quantitative estimate of drug-likeness (QED) is 0.576. The highest BCUT2D eigenvalue weighted by Crippen LogP contribution is 2.41. The summed E-state index contributed by atoms with van der Waals surface area (Å²) in [6.07, 6.45) is -0.799. The summed E-state index contributed by atoms with van der Waals surface area (Å²) in [5, 5.41) is 0. The molecule has 0 saturated carbocycles. The lowest BCUT2D eigenvalue weighted by atomic mass is 9.69. The third-order valence-electron chi connectivity index (χ3n) is 3.94. The second-order valence-electron chi connectivity index (χ2n) is 5.34. The van der Waals surface area contributed by atoms with Crippen molar-refractivity contribution in [1.82, 2.24) is 0 Å². The maximum Gasteiger partial charge on any atom is 0.411 e. The fourth-order valence-electron chi connectivity index (χ4n) is 2.93. The second kappa shape index (κ2) is 6.35. The zero-order chi connectivity index (χ0) is 14.6. The van der Waals surface area contributed by atoms with Crippen LogP contribution in [0.1, 0.15) is 30.4 Å². The van der Waals surface area contributed by atoms with Crippen LogP contribution in [0.15, 0.2) is 24.3 Å². The Kier molecular flexibility index (Phi) is 4.97. The van der Waals surface area contributed by atoms with E-state index in [-0.39, 0.29) is 12.0 Å². The van der Waals surface area contributed by atoms with Crippen LogP contribution in [0, 0.1) is 0 Å². The molecular weight excluding hydrogens is 289 g/mol. The first kappa shape index (κ1) is 15.6. The molecule has 0 saturated heterocycles. The fourth-order valence-corrected chi connectivity index (χ4v) is 3.34. The van der Waals surface area contributed by atoms with Gasteiger partial charge in [-0.05, 0) is 36.8 Å². The van der Waals surface area contributed by atoms with Crippen LogP contribution >= 0.6 is 11.6 Å². The highest BCUT2D eigenvalue weighted by Gasteiger charge is 2.36. The summed E-state index contributed by atoms with van der Waals surface area (Å²) < 4.78 is 41.0. The van der Waals surface area contributed by atoms with Crippen LogP contribution in [-0.2, 0) is 16.6 Å². The van der Waals surface area contributed by atoms with Crippen molar-refractivity contribution in [2.45, 2.75) is 37.3 Å². The van der Waals surface area contributed by atoms with Crippen LogP contribution in [0.2, 0.25) is 0 Å². The summed E-state index contributed by atoms with van der Waals surface area (Å²) in [6, 6.07) is 8.07. The molecule has 0 N–H and O–H groups in total. The van der Waals surface area contributed by atoms with Crippen LogP contribution in [-0.4, -0.2) is 25.3 Å². The van der Waals surface area contributed by atoms with Crippen LogP contribution < -0.4 is 0 Å². The van der Waals surface area contributed by atoms with Gasteiger partial charge < -0.3 is 4.74 Å². The van der Waals surface area contributed by atoms with E-state index < -0.39 is 12.8 Å². The highest BCUT2D eigenvalue weighted by molar-refractivity contribution is 6.18. The standard InChI is InChI=1S/C15H18ClF3O/c16-10-14(8-9-20-11-15(17,18)19)7-3-5-12-4-1-2-6-13(12)14/h1-2,4,6H,3,5,7-11H2. The minimum Gasteiger partial charge on any atom is -0.372 e. The predicted molar refractivity (Wildman–Crippen MR) is 73.3 cm³/mol. The Bertz CT molecular complexity index is 447. The van der Waals surface area contributed by atoms with Gasteiger partial charge in [-0.25, -0.2) is 0 Å². The lowest BCUT2D eigenvalue weighted by molar-refractivity contribution is -0.174. The molecule has 0 aromatic heterocycles. The lowest BCUT2D eigenvalue weighted by Gasteiger charge is -2.38. The second-order valence-corrected chi connectivity index (χ2v) is 5.61. The molecule has 1 aliphatic carbocycles. The molecule has 0 radical (unpaired) electrons. The monoisotopic (exact) mass is 306 g/mol. The number of aryl methyl sites for hydroxylation is 1. The smallest absolute Gasteiger partial charge is 0.372 e. The van der Waals surface area contributed by atoms with Crippen molar-refractivity contribution in [3.8, 4) is 0 Å². The molecule has 0 bridgehead atoms. The summed E-state index contributed by atoms with van der Waals surface area (Å²) in [4.78, 5) is 0. The van der Waals surface area contributed by atoms with Crippen molar-refractivity contribution in [2.24, 2.45) is 0 Å². The first-order valence-electron chi connectivity index (χ1n) is 6.76. The molecule has 1 unspecified atom stereocenters. The van der Waals surface area contributed by atoms with E-state index in [4.69, 9.17) is 16.3 Å². The van der Waals surface area contributed by atoms with E-state index in [0.29, 0.717) is 12.3 Å². The Morgan fingerprint density at radius 1 is 1.25 bits per heavy atom. The van der Waals surface area contributed by atoms with E-state index in [1.807, 2.05) is 18.2 Å². The van der Waals surface area contributed by atoms with Gasteiger partial charge >= 0.3 is 6.18 Å². The Labute approximate surface area is 122 Å². The van der Waals surface area contributed by atoms with Gasteiger partial charge in [-0.15, -0.1) is 11.6 Å². The third kappa shape index (κ3) is 3.67. The summed E-state index contributed by atoms with van der Waals surface area (Å²) >= 11 is 6.16. The number of hydrogen-bond donors (Lipinski definition) is 0. The predicted octanol–water partition coefficient (Wildman–Crippen LogP) is 4.47. The van der Waals surface area contributed by atoms with Crippen molar-refractivity contribution in [3.05, 3.63) is 35.4 Å². The minimum atomic E-state index is -4.27. The van der Waals surface area contributed by atoms with E-state index in [9.17, 15) is 13.2 Å². The normalized spacial score (nSPS) is 22.6. The van der Waals surface area contributed by atoms with Crippen LogP contribution in [0.3, 0.4) is 0 Å². The molecule has 0 spiro atoms. The number of halogens is 4. The van der Waals surface area contributed by atoms with E-state index in [2.05, 4.69) is 6.07 Å². The first-order chi connectivity index (χ1) is 9.47. The molecule has 1 nitrogen and oxygen atoms in total. The van der Waals surface area contributed by atoms with Crippen molar-refractivity contribution in [3.63, 3.8) is 0 Å². The van der Waals surface area contributed by atoms with Crippen molar-refractivity contribution < 1.29 is 17.9 Å². The van der Waals surface area contributed by atoms with Crippen LogP contribution in [0.5, 0.6) is 0 Å². The van der Waals surface area contributed by atoms with Gasteiger partial charge in [-0.3, -0.25) is 0 Å². The van der Waals surface area contributed by atoms with E-state index in [0.717, 1.165) is 19.3 Å². The zero-order valence-electron chi connectivity index (χ0n) is 11.2. The number of benzene rings is 1. The zero-order valence-corrected chi connectivity index (χ0v) is 11.9. The largest absolute Gasteiger partial charge is 0.411 e. The van der Waals surface area contributed by atoms with Gasteiger partial charge in [0.15, 0.2) is 0 Å². The molecule has 0 heterocycles. The molecule has 1 atom stereocenters. The van der Waals surface area contributed by atoms with Gasteiger partial charge in [0.2, 0.25) is 0 Å². The number of rotatable bonds is 5. The number of fused-ring (bicyclic) bond motifs is 1. The topological polar surface area (TPSA) is 9.23 Å². The van der Waals surface area contributed by atoms with E-state index in [1.165, 1.54) is 11.1 Å². The van der Waals surface area contributed by atoms with Crippen LogP contribution in [0.25, 0.3) is 0 Å². The third-order valence-corrected chi connectivity index (χ3v) is 4.45. The van der Waals surface area contributed by atoms with Gasteiger partial charge in [-0.2, -0.15) is 13.2 Å². The van der Waals surface area contributed by atoms with E-state index >= 15 is 0 Å². The highest BCUT2D eigenvalue weighted by atomic mass is 35.5. The molecule has 0 amide bonds. The van der Waals surface area contributed by atoms with Gasteiger partial charge in [-0.1, -0.05) is 24.3 Å². The van der Waals surface area contributed by atoms with Gasteiger partial charge in [0.25, 0.3) is 0 Å². The number of alkyl halides is 4. The molecule has 112 valence electrons. The molecule has 20 heavy (non-hydrogen) atoms. The minimum absolute atomic E-state index is 0.0839. The maximum absolute atomic E-state index is 12.1. The molecule has 1 aliphatic rings. The van der Waals surface area contributed by atoms with Gasteiger partial charge in [0, 0.05) is 17.9 Å². The summed E-state index contributed by atoms with van der Waals surface area (Å²) in [5.74, 6) is 0.416. The molecule has 0 fully saturated rings. The Morgan fingerprint density at radius 3 is 2.70 bits per heavy atom. The van der Waals surface area contributed by atoms with Crippen molar-refractivity contribution >= 4 is 11.6 Å². The molecule has 2 rings (SSSR count). The SMILES string of the molecule is FC(F)(F)COCCC1(CCl)CCCc2ccccc21. The maximum atomic E-state index is 12.1. The Hall–Kier alpha value is -0.740. The van der Waals surface area contributed by atoms with Crippen molar-refractivity contribution in [2.75, 3.05) is 19.1 Å². The Morgan fingerprint density at radius 2 is 2.00 bits per heavy atom. The summed E-state index contributed by atoms with van der Waals surface area (Å²) in [6.45, 7) is -1.10. The van der Waals surface area contributed by atoms with Crippen molar-refractivity contribution in [1.29, 1.82) is 0 Å². The fraction of sp³-hybridized carbons (Fsp3) is 0.600. The average molecular weight is 307 g/mol. The summed E-state index contributed by atoms with van der Waals surface area (Å²) in [5.41, 5.74) is 2.19. The summed E-state index contributed by atoms with van der Waals surface area (Å²) in [7, 11) is 0. The average Bonchev–Trinajstić information content (AvgIpc) is 2.43. The van der Waals surface area contributed by atoms with Gasteiger partial charge in [0.1, 0.15) is 6.61 Å². The van der Waals surface area contributed by atoms with E-state index in [1.54, 1.807) is 0 Å². The molecular formula is C15H18ClF3O. The van der Waals surface area contributed by atoms with Crippen LogP contribution in [0.4, 0.5) is 13.2 Å². The Balaban J connectivity index is 2.04. The lowest BCUT2D eigenvalue weighted by Crippen LogP contribution is -2.34. The molecule has 0 aliphatic heterocycles. The molecule has 1 aromatic carbocycles. The first-order valence-corrected chi connectivity index (χ1v) is 7.29. The molecule has 1 aromatic rings. The number of hydrogen-bond acceptors (Lipinski definition) is 1. The molecule has 5 heteroatoms. The number of ether oxygens (including phenoxy) is 1.